The highest BCUT2D eigenvalue weighted by Crippen LogP contribution is 2.17. The van der Waals surface area contributed by atoms with Crippen LogP contribution in [-0.4, -0.2) is 52.6 Å². The van der Waals surface area contributed by atoms with Gasteiger partial charge in [-0.3, -0.25) is 4.79 Å². The third-order valence-corrected chi connectivity index (χ3v) is 5.54. The van der Waals surface area contributed by atoms with Crippen molar-refractivity contribution < 1.29 is 22.7 Å². The van der Waals surface area contributed by atoms with Crippen LogP contribution in [0.3, 0.4) is 0 Å². The van der Waals surface area contributed by atoms with Gasteiger partial charge in [-0.15, -0.1) is 0 Å². The molecule has 0 heterocycles. The Bertz CT molecular complexity index is 895. The van der Waals surface area contributed by atoms with Crippen molar-refractivity contribution in [1.82, 2.24) is 9.62 Å². The number of carbonyl (C=O) groups is 1. The molecule has 0 saturated carbocycles. The monoisotopic (exact) mass is 406 g/mol. The van der Waals surface area contributed by atoms with E-state index in [1.165, 1.54) is 17.0 Å². The number of rotatable bonds is 9. The fourth-order valence-electron chi connectivity index (χ4n) is 2.47. The van der Waals surface area contributed by atoms with Crippen LogP contribution < -0.4 is 14.2 Å². The Morgan fingerprint density at radius 2 is 1.75 bits per heavy atom. The lowest BCUT2D eigenvalue weighted by Crippen LogP contribution is -2.32. The summed E-state index contributed by atoms with van der Waals surface area (Å²) < 4.78 is 37.8. The number of amides is 1. The van der Waals surface area contributed by atoms with Crippen molar-refractivity contribution in [3.05, 3.63) is 54.1 Å². The largest absolute Gasteiger partial charge is 0.497 e. The van der Waals surface area contributed by atoms with E-state index in [1.54, 1.807) is 64.4 Å². The number of carbonyl (C=O) groups excluding carboxylic acids is 1. The van der Waals surface area contributed by atoms with E-state index in [4.69, 9.17) is 9.47 Å². The number of benzene rings is 2. The maximum atomic E-state index is 12.6. The Labute approximate surface area is 166 Å². The molecule has 0 atom stereocenters. The average molecular weight is 407 g/mol. The van der Waals surface area contributed by atoms with E-state index in [0.717, 1.165) is 5.75 Å². The van der Waals surface area contributed by atoms with Gasteiger partial charge in [-0.1, -0.05) is 6.07 Å². The van der Waals surface area contributed by atoms with Gasteiger partial charge in [-0.05, 0) is 56.3 Å². The number of hydrogen-bond acceptors (Lipinski definition) is 5. The first-order valence-electron chi connectivity index (χ1n) is 8.87. The number of ether oxygens (including phenoxy) is 2. The smallest absolute Gasteiger partial charge is 0.253 e. The molecule has 0 spiro atoms. The van der Waals surface area contributed by atoms with Gasteiger partial charge < -0.3 is 14.4 Å². The number of nitrogens with one attached hydrogen (secondary N) is 1. The summed E-state index contributed by atoms with van der Waals surface area (Å²) in [6.07, 6.45) is 0. The van der Waals surface area contributed by atoms with Crippen LogP contribution in [0.5, 0.6) is 11.5 Å². The second kappa shape index (κ2) is 9.57. The van der Waals surface area contributed by atoms with Gasteiger partial charge in [-0.25, -0.2) is 13.1 Å². The number of hydrogen-bond donors (Lipinski definition) is 1. The molecule has 0 aliphatic carbocycles. The van der Waals surface area contributed by atoms with Gasteiger partial charge >= 0.3 is 0 Å². The highest BCUT2D eigenvalue weighted by molar-refractivity contribution is 7.89. The van der Waals surface area contributed by atoms with Gasteiger partial charge in [0.1, 0.15) is 18.1 Å². The van der Waals surface area contributed by atoms with Crippen LogP contribution in [0.4, 0.5) is 0 Å². The Hall–Kier alpha value is -2.58. The van der Waals surface area contributed by atoms with E-state index in [1.807, 2.05) is 0 Å². The number of methoxy groups -OCH3 is 1. The molecule has 0 unspecified atom stereocenters. The highest BCUT2D eigenvalue weighted by Gasteiger charge is 2.18. The second-order valence-electron chi connectivity index (χ2n) is 6.55. The molecule has 2 aromatic rings. The van der Waals surface area contributed by atoms with Crippen LogP contribution in [-0.2, 0) is 10.0 Å². The predicted molar refractivity (Wildman–Crippen MR) is 107 cm³/mol. The Morgan fingerprint density at radius 3 is 2.36 bits per heavy atom. The first-order chi connectivity index (χ1) is 13.2. The maximum absolute atomic E-state index is 12.6. The summed E-state index contributed by atoms with van der Waals surface area (Å²) >= 11 is 0. The standard InChI is InChI=1S/C20H26N2O5S/c1-15(2)21-28(24,25)19-7-5-6-16(14-19)20(23)22(3)12-13-27-18-10-8-17(26-4)9-11-18/h5-11,14-15,21H,12-13H2,1-4H3. The molecule has 8 heteroatoms. The minimum absolute atomic E-state index is 0.0648. The van der Waals surface area contributed by atoms with Crippen molar-refractivity contribution >= 4 is 15.9 Å². The van der Waals surface area contributed by atoms with Crippen LogP contribution in [0.15, 0.2) is 53.4 Å². The Balaban J connectivity index is 1.97. The molecule has 7 nitrogen and oxygen atoms in total. The lowest BCUT2D eigenvalue weighted by molar-refractivity contribution is 0.0773. The lowest BCUT2D eigenvalue weighted by atomic mass is 10.2. The minimum Gasteiger partial charge on any atom is -0.497 e. The molecule has 0 aliphatic rings. The molecule has 2 aromatic carbocycles. The third kappa shape index (κ3) is 5.97. The van der Waals surface area contributed by atoms with E-state index in [-0.39, 0.29) is 16.8 Å². The molecule has 2 rings (SSSR count). The molecular formula is C20H26N2O5S. The lowest BCUT2D eigenvalue weighted by Gasteiger charge is -2.18. The average Bonchev–Trinajstić information content (AvgIpc) is 2.67. The quantitative estimate of drug-likeness (QED) is 0.692. The first-order valence-corrected chi connectivity index (χ1v) is 10.4. The zero-order chi connectivity index (χ0) is 20.7. The van der Waals surface area contributed by atoms with Gasteiger partial charge in [0.15, 0.2) is 0 Å². The number of sulfonamides is 1. The number of nitrogens with zero attached hydrogens (tertiary/aromatic N) is 1. The second-order valence-corrected chi connectivity index (χ2v) is 8.27. The van der Waals surface area contributed by atoms with Crippen LogP contribution in [0, 0.1) is 0 Å². The molecule has 1 N–H and O–H groups in total. The van der Waals surface area contributed by atoms with E-state index >= 15 is 0 Å². The molecule has 1 amide bonds. The summed E-state index contributed by atoms with van der Waals surface area (Å²) in [5.41, 5.74) is 0.304. The van der Waals surface area contributed by atoms with Crippen LogP contribution in [0.25, 0.3) is 0 Å². The molecule has 0 aliphatic heterocycles. The topological polar surface area (TPSA) is 84.9 Å². The van der Waals surface area contributed by atoms with Crippen molar-refractivity contribution in [3.8, 4) is 11.5 Å². The van der Waals surface area contributed by atoms with Crippen molar-refractivity contribution in [3.63, 3.8) is 0 Å². The van der Waals surface area contributed by atoms with E-state index in [9.17, 15) is 13.2 Å². The van der Waals surface area contributed by atoms with Crippen LogP contribution in [0.2, 0.25) is 0 Å². The van der Waals surface area contributed by atoms with E-state index in [0.29, 0.717) is 24.5 Å². The molecule has 28 heavy (non-hydrogen) atoms. The molecule has 152 valence electrons. The van der Waals surface area contributed by atoms with Gasteiger partial charge in [0, 0.05) is 18.7 Å². The molecule has 0 aromatic heterocycles. The molecule has 0 bridgehead atoms. The predicted octanol–water partition coefficient (Wildman–Crippen LogP) is 2.53. The maximum Gasteiger partial charge on any atom is 0.253 e. The van der Waals surface area contributed by atoms with Gasteiger partial charge in [-0.2, -0.15) is 0 Å². The summed E-state index contributed by atoms with van der Waals surface area (Å²) in [4.78, 5) is 14.2. The van der Waals surface area contributed by atoms with Crippen LogP contribution in [0.1, 0.15) is 24.2 Å². The minimum atomic E-state index is -3.66. The summed E-state index contributed by atoms with van der Waals surface area (Å²) in [5, 5.41) is 0. The zero-order valence-corrected chi connectivity index (χ0v) is 17.3. The normalized spacial score (nSPS) is 11.3. The molecular weight excluding hydrogens is 380 g/mol. The summed E-state index contributed by atoms with van der Waals surface area (Å²) in [7, 11) is -0.417. The van der Waals surface area contributed by atoms with E-state index < -0.39 is 10.0 Å². The third-order valence-electron chi connectivity index (χ3n) is 3.88. The summed E-state index contributed by atoms with van der Waals surface area (Å²) in [5.74, 6) is 1.14. The fourth-order valence-corrected chi connectivity index (χ4v) is 3.77. The van der Waals surface area contributed by atoms with Gasteiger partial charge in [0.05, 0.1) is 18.6 Å². The van der Waals surface area contributed by atoms with Gasteiger partial charge in [0.25, 0.3) is 5.91 Å². The van der Waals surface area contributed by atoms with E-state index in [2.05, 4.69) is 4.72 Å². The van der Waals surface area contributed by atoms with Crippen molar-refractivity contribution in [2.45, 2.75) is 24.8 Å². The fraction of sp³-hybridized carbons (Fsp3) is 0.350. The highest BCUT2D eigenvalue weighted by atomic mass is 32.2. The SMILES string of the molecule is COc1ccc(OCCN(C)C(=O)c2cccc(S(=O)(=O)NC(C)C)c2)cc1. The summed E-state index contributed by atoms with van der Waals surface area (Å²) in [6.45, 7) is 4.14. The molecule has 0 radical (unpaired) electrons. The summed E-state index contributed by atoms with van der Waals surface area (Å²) in [6, 6.07) is 12.9. The number of likely N-dealkylation sites (N-methyl/N-ethyl adjacent to an activating group) is 1. The molecule has 0 fully saturated rings. The zero-order valence-electron chi connectivity index (χ0n) is 16.5. The van der Waals surface area contributed by atoms with Crippen molar-refractivity contribution in [2.24, 2.45) is 0 Å². The van der Waals surface area contributed by atoms with Crippen molar-refractivity contribution in [1.29, 1.82) is 0 Å². The van der Waals surface area contributed by atoms with Crippen molar-refractivity contribution in [2.75, 3.05) is 27.3 Å². The Morgan fingerprint density at radius 1 is 1.11 bits per heavy atom. The van der Waals surface area contributed by atoms with Crippen LogP contribution >= 0.6 is 0 Å². The first kappa shape index (κ1) is 21.7. The van der Waals surface area contributed by atoms with Gasteiger partial charge in [0.2, 0.25) is 10.0 Å². The molecule has 0 saturated heterocycles. The Kier molecular flexibility index (Phi) is 7.42.